The van der Waals surface area contributed by atoms with Crippen molar-refractivity contribution in [3.05, 3.63) is 47.8 Å². The van der Waals surface area contributed by atoms with Crippen molar-refractivity contribution in [1.29, 1.82) is 0 Å². The Hall–Kier alpha value is -3.33. The van der Waals surface area contributed by atoms with Crippen molar-refractivity contribution in [3.63, 3.8) is 0 Å². The van der Waals surface area contributed by atoms with E-state index >= 15 is 0 Å². The van der Waals surface area contributed by atoms with Crippen molar-refractivity contribution < 1.29 is 9.18 Å². The molecule has 30 heavy (non-hydrogen) atoms. The largest absolute Gasteiger partial charge is 0.313 e. The molecule has 0 aliphatic carbocycles. The van der Waals surface area contributed by atoms with Crippen LogP contribution in [-0.2, 0) is 4.79 Å². The third-order valence-corrected chi connectivity index (χ3v) is 5.39. The molecule has 1 amide bonds. The molecule has 1 aliphatic rings. The summed E-state index contributed by atoms with van der Waals surface area (Å²) in [5.41, 5.74) is 4.00. The molecule has 1 saturated heterocycles. The van der Waals surface area contributed by atoms with Crippen LogP contribution >= 0.6 is 0 Å². The van der Waals surface area contributed by atoms with Crippen LogP contribution in [0.4, 0.5) is 10.2 Å². The molecule has 1 atom stereocenters. The highest BCUT2D eigenvalue weighted by Crippen LogP contribution is 2.24. The number of fused-ring (bicyclic) bond motifs is 2. The van der Waals surface area contributed by atoms with Crippen LogP contribution in [0.2, 0.25) is 0 Å². The first-order chi connectivity index (χ1) is 14.5. The van der Waals surface area contributed by atoms with Crippen LogP contribution in [-0.4, -0.2) is 42.5 Å². The maximum absolute atomic E-state index is 14.8. The zero-order valence-electron chi connectivity index (χ0n) is 16.8. The predicted octanol–water partition coefficient (Wildman–Crippen LogP) is 2.88. The smallest absolute Gasteiger partial charge is 0.227 e. The van der Waals surface area contributed by atoms with E-state index in [1.165, 1.54) is 6.07 Å². The third-order valence-electron chi connectivity index (χ3n) is 5.39. The number of aryl methyl sites for hydroxylation is 2. The molecular formula is C21H22FN7O. The van der Waals surface area contributed by atoms with Gasteiger partial charge in [-0.25, -0.2) is 18.9 Å². The molecule has 1 aliphatic heterocycles. The summed E-state index contributed by atoms with van der Waals surface area (Å²) in [6.07, 6.45) is 7.67. The first-order valence-corrected chi connectivity index (χ1v) is 10.0. The topological polar surface area (TPSA) is 88.6 Å². The van der Waals surface area contributed by atoms with Gasteiger partial charge in [-0.1, -0.05) is 0 Å². The van der Waals surface area contributed by atoms with Gasteiger partial charge in [-0.2, -0.15) is 5.10 Å². The summed E-state index contributed by atoms with van der Waals surface area (Å²) in [5.74, 6) is -0.276. The molecule has 1 fully saturated rings. The van der Waals surface area contributed by atoms with E-state index in [1.807, 2.05) is 26.1 Å². The van der Waals surface area contributed by atoms with E-state index in [2.05, 4.69) is 25.7 Å². The summed E-state index contributed by atoms with van der Waals surface area (Å²) in [4.78, 5) is 21.0. The minimum Gasteiger partial charge on any atom is -0.313 e. The van der Waals surface area contributed by atoms with Crippen molar-refractivity contribution in [3.8, 4) is 11.3 Å². The lowest BCUT2D eigenvalue weighted by Gasteiger charge is -2.08. The van der Waals surface area contributed by atoms with Gasteiger partial charge >= 0.3 is 0 Å². The van der Waals surface area contributed by atoms with E-state index < -0.39 is 5.82 Å². The van der Waals surface area contributed by atoms with E-state index in [9.17, 15) is 9.18 Å². The maximum Gasteiger partial charge on any atom is 0.227 e. The first kappa shape index (κ1) is 18.7. The van der Waals surface area contributed by atoms with E-state index in [1.54, 1.807) is 21.3 Å². The Labute approximate surface area is 172 Å². The second-order valence-corrected chi connectivity index (χ2v) is 7.84. The number of nitrogens with one attached hydrogen (secondary N) is 2. The standard InChI is InChI=1S/C21H22FN7O/c1-12-6-17(27-29-9-13(2)24-20(12)29)14-7-16(22)21-26-18(11-28(21)10-14)25-19(30)8-15-4-3-5-23-15/h6-7,9-11,15,23H,3-5,8H2,1-2H3,(H,25,30). The Morgan fingerprint density at radius 3 is 2.90 bits per heavy atom. The molecule has 0 radical (unpaired) electrons. The Balaban J connectivity index is 1.45. The summed E-state index contributed by atoms with van der Waals surface area (Å²) in [6, 6.07) is 3.49. The Kier molecular flexibility index (Phi) is 4.47. The zero-order chi connectivity index (χ0) is 20.8. The average molecular weight is 407 g/mol. The van der Waals surface area contributed by atoms with E-state index in [4.69, 9.17) is 0 Å². The summed E-state index contributed by atoms with van der Waals surface area (Å²) in [6.45, 7) is 4.80. The van der Waals surface area contributed by atoms with Crippen molar-refractivity contribution in [2.45, 2.75) is 39.2 Å². The fourth-order valence-electron chi connectivity index (χ4n) is 3.99. The number of aromatic nitrogens is 5. The molecule has 154 valence electrons. The van der Waals surface area contributed by atoms with Gasteiger partial charge in [-0.3, -0.25) is 4.79 Å². The van der Waals surface area contributed by atoms with E-state index in [0.29, 0.717) is 23.5 Å². The zero-order valence-corrected chi connectivity index (χ0v) is 16.8. The molecule has 5 rings (SSSR count). The van der Waals surface area contributed by atoms with Gasteiger partial charge in [0.15, 0.2) is 22.9 Å². The van der Waals surface area contributed by atoms with Crippen LogP contribution < -0.4 is 10.6 Å². The normalized spacial score (nSPS) is 16.6. The van der Waals surface area contributed by atoms with Crippen molar-refractivity contribution in [1.82, 2.24) is 29.3 Å². The lowest BCUT2D eigenvalue weighted by atomic mass is 10.1. The third kappa shape index (κ3) is 3.41. The summed E-state index contributed by atoms with van der Waals surface area (Å²) < 4.78 is 18.1. The molecule has 0 bridgehead atoms. The number of carbonyl (C=O) groups is 1. The number of rotatable bonds is 4. The van der Waals surface area contributed by atoms with Crippen LogP contribution in [0.5, 0.6) is 0 Å². The van der Waals surface area contributed by atoms with Crippen molar-refractivity contribution >= 4 is 23.0 Å². The lowest BCUT2D eigenvalue weighted by Crippen LogP contribution is -2.27. The summed E-state index contributed by atoms with van der Waals surface area (Å²) in [7, 11) is 0. The highest BCUT2D eigenvalue weighted by molar-refractivity contribution is 5.90. The molecule has 2 N–H and O–H groups in total. The lowest BCUT2D eigenvalue weighted by molar-refractivity contribution is -0.116. The Bertz CT molecular complexity index is 1270. The van der Waals surface area contributed by atoms with E-state index in [-0.39, 0.29) is 17.6 Å². The average Bonchev–Trinajstić information content (AvgIpc) is 3.41. The highest BCUT2D eigenvalue weighted by Gasteiger charge is 2.19. The van der Waals surface area contributed by atoms with Gasteiger partial charge in [0.2, 0.25) is 5.91 Å². The number of amides is 1. The van der Waals surface area contributed by atoms with Gasteiger partial charge < -0.3 is 15.0 Å². The molecular weight excluding hydrogens is 385 g/mol. The van der Waals surface area contributed by atoms with Gasteiger partial charge in [-0.05, 0) is 50.9 Å². The van der Waals surface area contributed by atoms with Gasteiger partial charge in [0.1, 0.15) is 0 Å². The molecule has 4 aromatic heterocycles. The van der Waals surface area contributed by atoms with Crippen LogP contribution in [0, 0.1) is 19.7 Å². The number of nitrogens with zero attached hydrogens (tertiary/aromatic N) is 5. The van der Waals surface area contributed by atoms with Crippen LogP contribution in [0.3, 0.4) is 0 Å². The van der Waals surface area contributed by atoms with Crippen LogP contribution in [0.15, 0.2) is 30.7 Å². The SMILES string of the molecule is Cc1cn2nc(-c3cc(F)c4nc(NC(=O)CC5CCCN5)cn4c3)cc(C)c2n1. The molecule has 0 aromatic carbocycles. The fraction of sp³-hybridized carbons (Fsp3) is 0.333. The van der Waals surface area contributed by atoms with Gasteiger partial charge in [0.25, 0.3) is 0 Å². The van der Waals surface area contributed by atoms with Crippen LogP contribution in [0.25, 0.3) is 22.6 Å². The number of anilines is 1. The number of carbonyl (C=O) groups excluding carboxylic acids is 1. The Morgan fingerprint density at radius 1 is 1.23 bits per heavy atom. The minimum absolute atomic E-state index is 0.128. The quantitative estimate of drug-likeness (QED) is 0.543. The minimum atomic E-state index is -0.480. The monoisotopic (exact) mass is 407 g/mol. The second-order valence-electron chi connectivity index (χ2n) is 7.84. The summed E-state index contributed by atoms with van der Waals surface area (Å²) >= 11 is 0. The number of hydrogen-bond acceptors (Lipinski definition) is 5. The summed E-state index contributed by atoms with van der Waals surface area (Å²) in [5, 5.41) is 10.6. The number of pyridine rings is 1. The maximum atomic E-state index is 14.8. The van der Waals surface area contributed by atoms with Gasteiger partial charge in [-0.15, -0.1) is 0 Å². The van der Waals surface area contributed by atoms with Crippen LogP contribution in [0.1, 0.15) is 30.5 Å². The molecule has 0 spiro atoms. The Morgan fingerprint density at radius 2 is 2.10 bits per heavy atom. The molecule has 1 unspecified atom stereocenters. The molecule has 5 heterocycles. The number of hydrogen-bond donors (Lipinski definition) is 2. The number of halogens is 1. The predicted molar refractivity (Wildman–Crippen MR) is 111 cm³/mol. The second kappa shape index (κ2) is 7.17. The first-order valence-electron chi connectivity index (χ1n) is 10.0. The number of imidazole rings is 2. The van der Waals surface area contributed by atoms with Gasteiger partial charge in [0, 0.05) is 24.2 Å². The van der Waals surface area contributed by atoms with Crippen molar-refractivity contribution in [2.24, 2.45) is 0 Å². The molecule has 0 saturated carbocycles. The molecule has 4 aromatic rings. The van der Waals surface area contributed by atoms with E-state index in [0.717, 1.165) is 36.3 Å². The fourth-order valence-corrected chi connectivity index (χ4v) is 3.99. The van der Waals surface area contributed by atoms with Crippen molar-refractivity contribution in [2.75, 3.05) is 11.9 Å². The molecule has 8 nitrogen and oxygen atoms in total. The molecule has 9 heteroatoms. The highest BCUT2D eigenvalue weighted by atomic mass is 19.1. The van der Waals surface area contributed by atoms with Gasteiger partial charge in [0.05, 0.1) is 23.8 Å².